The van der Waals surface area contributed by atoms with Gasteiger partial charge in [-0.1, -0.05) is 97.1 Å². The van der Waals surface area contributed by atoms with Gasteiger partial charge in [-0.25, -0.2) is 9.78 Å². The van der Waals surface area contributed by atoms with Crippen LogP contribution in [-0.2, 0) is 25.5 Å². The third-order valence-electron chi connectivity index (χ3n) is 7.36. The first-order valence-electron chi connectivity index (χ1n) is 13.9. The monoisotopic (exact) mass is 607 g/mol. The molecule has 3 heterocycles. The van der Waals surface area contributed by atoms with Crippen LogP contribution in [-0.4, -0.2) is 44.8 Å². The van der Waals surface area contributed by atoms with Gasteiger partial charge in [0.05, 0.1) is 17.6 Å². The molecular weight excluding hydrogens is 579 g/mol. The van der Waals surface area contributed by atoms with Gasteiger partial charge in [-0.05, 0) is 35.3 Å². The fraction of sp³-hybridized carbons (Fsp3) is 0.176. The maximum absolute atomic E-state index is 14.1. The highest BCUT2D eigenvalue weighted by atomic mass is 32.2. The van der Waals surface area contributed by atoms with E-state index in [-0.39, 0.29) is 23.9 Å². The van der Waals surface area contributed by atoms with Gasteiger partial charge in [0.25, 0.3) is 5.91 Å². The molecule has 2 atom stereocenters. The lowest BCUT2D eigenvalue weighted by molar-refractivity contribution is -0.154. The van der Waals surface area contributed by atoms with Crippen molar-refractivity contribution in [3.8, 4) is 0 Å². The Morgan fingerprint density at radius 2 is 1.60 bits per heavy atom. The number of esters is 1. The van der Waals surface area contributed by atoms with Gasteiger partial charge in [0.1, 0.15) is 17.1 Å². The van der Waals surface area contributed by atoms with Gasteiger partial charge in [-0.2, -0.15) is 0 Å². The number of carbonyl (C=O) groups excluding carboxylic acids is 3. The normalized spacial score (nSPS) is 18.0. The van der Waals surface area contributed by atoms with Crippen molar-refractivity contribution in [2.45, 2.75) is 30.9 Å². The van der Waals surface area contributed by atoms with Crippen LogP contribution in [0.1, 0.15) is 33.4 Å². The Bertz CT molecular complexity index is 1650. The second-order valence-corrected chi connectivity index (χ2v) is 12.2. The van der Waals surface area contributed by atoms with Crippen molar-refractivity contribution in [3.05, 3.63) is 141 Å². The first-order valence-corrected chi connectivity index (χ1v) is 15.8. The number of thiazole rings is 1. The molecule has 0 saturated carbocycles. The SMILES string of the molecule is Cc1ncsc1C=CC1=C(C(=O)OC(c2ccccc2)c2ccccc2)N2C(=O)C(NC(=O)Cc3ccccc3)[C@H]2SC1. The number of benzene rings is 3. The standard InChI is InChI=1S/C34H29N3O4S2/c1-22-27(43-21-35-22)18-17-26-20-42-33-29(36-28(38)19-23-11-5-2-6-12-23)32(39)37(33)30(26)34(40)41-31(24-13-7-3-8-14-24)25-15-9-4-10-16-25/h2-18,21,29,31,33H,19-20H2,1H3,(H,36,38)/t29?,33-/m1/s1. The Morgan fingerprint density at radius 3 is 2.21 bits per heavy atom. The molecule has 1 fully saturated rings. The van der Waals surface area contributed by atoms with E-state index >= 15 is 0 Å². The van der Waals surface area contributed by atoms with Crippen molar-refractivity contribution >= 4 is 47.0 Å². The summed E-state index contributed by atoms with van der Waals surface area (Å²) in [6.07, 6.45) is 3.30. The molecule has 0 radical (unpaired) electrons. The van der Waals surface area contributed by atoms with Crippen molar-refractivity contribution in [1.29, 1.82) is 0 Å². The number of hydrogen-bond acceptors (Lipinski definition) is 7. The van der Waals surface area contributed by atoms with Crippen LogP contribution in [0.25, 0.3) is 6.08 Å². The summed E-state index contributed by atoms with van der Waals surface area (Å²) in [5.74, 6) is -0.690. The Morgan fingerprint density at radius 1 is 0.977 bits per heavy atom. The predicted octanol–water partition coefficient (Wildman–Crippen LogP) is 5.69. The number of allylic oxidation sites excluding steroid dienone is 1. The van der Waals surface area contributed by atoms with Crippen LogP contribution in [0.3, 0.4) is 0 Å². The average Bonchev–Trinajstić information content (AvgIpc) is 3.46. The fourth-order valence-electron chi connectivity index (χ4n) is 5.16. The lowest BCUT2D eigenvalue weighted by Crippen LogP contribution is -2.70. The number of thioether (sulfide) groups is 1. The van der Waals surface area contributed by atoms with Crippen LogP contribution in [0.5, 0.6) is 0 Å². The molecule has 9 heteroatoms. The molecule has 7 nitrogen and oxygen atoms in total. The number of hydrogen-bond donors (Lipinski definition) is 1. The molecule has 2 amide bonds. The van der Waals surface area contributed by atoms with E-state index in [1.807, 2.05) is 110 Å². The number of nitrogens with zero attached hydrogens (tertiary/aromatic N) is 2. The van der Waals surface area contributed by atoms with Crippen LogP contribution in [0, 0.1) is 6.92 Å². The molecule has 0 bridgehead atoms. The largest absolute Gasteiger partial charge is 0.448 e. The number of nitrogens with one attached hydrogen (secondary N) is 1. The van der Waals surface area contributed by atoms with E-state index in [0.29, 0.717) is 11.3 Å². The van der Waals surface area contributed by atoms with Gasteiger partial charge in [0, 0.05) is 10.6 Å². The van der Waals surface area contributed by atoms with Crippen LogP contribution in [0.15, 0.2) is 114 Å². The Hall–Kier alpha value is -4.47. The molecule has 2 aliphatic heterocycles. The summed E-state index contributed by atoms with van der Waals surface area (Å²) < 4.78 is 6.22. The van der Waals surface area contributed by atoms with Crippen molar-refractivity contribution in [2.24, 2.45) is 0 Å². The number of aryl methyl sites for hydroxylation is 1. The van der Waals surface area contributed by atoms with Crippen LogP contribution >= 0.6 is 23.1 Å². The van der Waals surface area contributed by atoms with E-state index in [9.17, 15) is 14.4 Å². The molecule has 6 rings (SSSR count). The minimum absolute atomic E-state index is 0.171. The molecule has 3 aromatic carbocycles. The third kappa shape index (κ3) is 6.18. The lowest BCUT2D eigenvalue weighted by Gasteiger charge is -2.49. The molecule has 2 aliphatic rings. The second kappa shape index (κ2) is 12.8. The highest BCUT2D eigenvalue weighted by Gasteiger charge is 2.54. The van der Waals surface area contributed by atoms with Gasteiger partial charge in [-0.15, -0.1) is 23.1 Å². The molecule has 0 aliphatic carbocycles. The lowest BCUT2D eigenvalue weighted by atomic mass is 10.00. The molecule has 1 saturated heterocycles. The number of ether oxygens (including phenoxy) is 1. The number of fused-ring (bicyclic) bond motifs is 1. The van der Waals surface area contributed by atoms with Gasteiger partial charge in [0.15, 0.2) is 6.10 Å². The van der Waals surface area contributed by atoms with Gasteiger partial charge in [0.2, 0.25) is 5.91 Å². The van der Waals surface area contributed by atoms with Crippen molar-refractivity contribution in [1.82, 2.24) is 15.2 Å². The minimum atomic E-state index is -0.725. The predicted molar refractivity (Wildman–Crippen MR) is 169 cm³/mol. The third-order valence-corrected chi connectivity index (χ3v) is 9.56. The average molecular weight is 608 g/mol. The Labute approximate surface area is 258 Å². The van der Waals surface area contributed by atoms with Crippen molar-refractivity contribution < 1.29 is 19.1 Å². The number of amides is 2. The summed E-state index contributed by atoms with van der Waals surface area (Å²) in [6.45, 7) is 1.93. The van der Waals surface area contributed by atoms with E-state index < -0.39 is 23.5 Å². The quantitative estimate of drug-likeness (QED) is 0.194. The Balaban J connectivity index is 1.29. The smallest absolute Gasteiger partial charge is 0.356 e. The maximum atomic E-state index is 14.1. The van der Waals surface area contributed by atoms with Crippen LogP contribution in [0.2, 0.25) is 0 Å². The van der Waals surface area contributed by atoms with Gasteiger partial charge >= 0.3 is 5.97 Å². The molecule has 1 aromatic heterocycles. The second-order valence-electron chi connectivity index (χ2n) is 10.2. The molecule has 216 valence electrons. The summed E-state index contributed by atoms with van der Waals surface area (Å²) in [5, 5.41) is 2.48. The fourth-order valence-corrected chi connectivity index (χ4v) is 7.17. The zero-order valence-corrected chi connectivity index (χ0v) is 25.0. The number of β-lactam (4-membered cyclic amide) rings is 1. The topological polar surface area (TPSA) is 88.6 Å². The van der Waals surface area contributed by atoms with Gasteiger partial charge in [-0.3, -0.25) is 14.5 Å². The van der Waals surface area contributed by atoms with Crippen molar-refractivity contribution in [2.75, 3.05) is 5.75 Å². The molecule has 1 N–H and O–H groups in total. The highest BCUT2D eigenvalue weighted by molar-refractivity contribution is 8.00. The van der Waals surface area contributed by atoms with E-state index in [2.05, 4.69) is 10.3 Å². The molecule has 1 unspecified atom stereocenters. The number of carbonyl (C=O) groups is 3. The molecule has 0 spiro atoms. The molecular formula is C34H29N3O4S2. The molecule has 43 heavy (non-hydrogen) atoms. The summed E-state index contributed by atoms with van der Waals surface area (Å²) in [7, 11) is 0. The van der Waals surface area contributed by atoms with Crippen LogP contribution < -0.4 is 5.32 Å². The zero-order valence-electron chi connectivity index (χ0n) is 23.4. The summed E-state index contributed by atoms with van der Waals surface area (Å²) in [5.41, 5.74) is 6.06. The first kappa shape index (κ1) is 28.6. The Kier molecular flexibility index (Phi) is 8.53. The summed E-state index contributed by atoms with van der Waals surface area (Å²) in [6, 6.07) is 27.8. The van der Waals surface area contributed by atoms with Crippen LogP contribution in [0.4, 0.5) is 0 Å². The van der Waals surface area contributed by atoms with Gasteiger partial charge < -0.3 is 10.1 Å². The summed E-state index contributed by atoms with van der Waals surface area (Å²) >= 11 is 3.02. The van der Waals surface area contributed by atoms with E-state index in [1.165, 1.54) is 28.0 Å². The highest BCUT2D eigenvalue weighted by Crippen LogP contribution is 2.42. The summed E-state index contributed by atoms with van der Waals surface area (Å²) in [4.78, 5) is 47.3. The van der Waals surface area contributed by atoms with E-state index in [4.69, 9.17) is 4.74 Å². The first-order chi connectivity index (χ1) is 21.0. The van der Waals surface area contributed by atoms with E-state index in [1.54, 1.807) is 5.51 Å². The molecule has 4 aromatic rings. The van der Waals surface area contributed by atoms with Crippen molar-refractivity contribution in [3.63, 3.8) is 0 Å². The minimum Gasteiger partial charge on any atom is -0.448 e. The maximum Gasteiger partial charge on any atom is 0.356 e. The van der Waals surface area contributed by atoms with E-state index in [0.717, 1.165) is 27.3 Å². The zero-order chi connectivity index (χ0) is 29.8. The number of rotatable bonds is 9. The number of aromatic nitrogens is 1.